The number of benzene rings is 1. The average molecular weight is 244 g/mol. The highest BCUT2D eigenvalue weighted by atomic mass is 16.5. The Balaban J connectivity index is 2.28. The first kappa shape index (κ1) is 11.3. The molecule has 0 saturated heterocycles. The van der Waals surface area contributed by atoms with Gasteiger partial charge in [0, 0.05) is 0 Å². The molecule has 0 N–H and O–H groups in total. The first-order valence-corrected chi connectivity index (χ1v) is 6.37. The number of fused-ring (bicyclic) bond motifs is 3. The molecular weight excluding hydrogens is 228 g/mol. The van der Waals surface area contributed by atoms with E-state index >= 15 is 0 Å². The highest BCUT2D eigenvalue weighted by molar-refractivity contribution is 5.84. The van der Waals surface area contributed by atoms with E-state index in [2.05, 4.69) is 13.8 Å². The van der Waals surface area contributed by atoms with Crippen LogP contribution in [0.25, 0.3) is 11.0 Å². The van der Waals surface area contributed by atoms with Crippen molar-refractivity contribution in [2.24, 2.45) is 0 Å². The molecule has 1 aliphatic heterocycles. The molecule has 1 aromatic carbocycles. The summed E-state index contributed by atoms with van der Waals surface area (Å²) in [5.74, 6) is 0.720. The number of para-hydroxylation sites is 1. The summed E-state index contributed by atoms with van der Waals surface area (Å²) in [6.45, 7) is 4.21. The van der Waals surface area contributed by atoms with E-state index in [0.29, 0.717) is 11.1 Å². The van der Waals surface area contributed by atoms with E-state index in [0.717, 1.165) is 30.4 Å². The molecule has 3 nitrogen and oxygen atoms in total. The van der Waals surface area contributed by atoms with Gasteiger partial charge in [-0.2, -0.15) is 0 Å². The molecule has 0 fully saturated rings. The Hall–Kier alpha value is -1.77. The predicted molar refractivity (Wildman–Crippen MR) is 70.1 cm³/mol. The van der Waals surface area contributed by atoms with Gasteiger partial charge in [-0.1, -0.05) is 19.1 Å². The van der Waals surface area contributed by atoms with Gasteiger partial charge in [0.1, 0.15) is 16.9 Å². The first-order valence-electron chi connectivity index (χ1n) is 6.37. The molecule has 1 atom stereocenters. The van der Waals surface area contributed by atoms with Crippen LogP contribution in [0.5, 0.6) is 5.75 Å². The van der Waals surface area contributed by atoms with Crippen molar-refractivity contribution in [1.82, 2.24) is 0 Å². The van der Waals surface area contributed by atoms with Crippen LogP contribution in [0.1, 0.15) is 32.3 Å². The molecule has 1 aliphatic rings. The lowest BCUT2D eigenvalue weighted by molar-refractivity contribution is 0.0617. The zero-order valence-electron chi connectivity index (χ0n) is 10.7. The molecule has 3 heteroatoms. The third-order valence-corrected chi connectivity index (χ3v) is 3.86. The summed E-state index contributed by atoms with van der Waals surface area (Å²) in [7, 11) is 0. The highest BCUT2D eigenvalue weighted by Gasteiger charge is 2.32. The second-order valence-corrected chi connectivity index (χ2v) is 5.10. The average Bonchev–Trinajstić information content (AvgIpc) is 2.39. The lowest BCUT2D eigenvalue weighted by Crippen LogP contribution is -2.37. The molecule has 0 bridgehead atoms. The van der Waals surface area contributed by atoms with E-state index < -0.39 is 0 Å². The standard InChI is InChI=1S/C15H16O3/c1-3-15(2)9-8-11-13(18-15)10-6-4-5-7-12(10)17-14(11)16/h4-7H,3,8-9H2,1-2H3. The van der Waals surface area contributed by atoms with Crippen LogP contribution in [0.4, 0.5) is 0 Å². The predicted octanol–water partition coefficient (Wildman–Crippen LogP) is 3.29. The van der Waals surface area contributed by atoms with E-state index in [1.807, 2.05) is 18.2 Å². The maximum Gasteiger partial charge on any atom is 0.343 e. The minimum Gasteiger partial charge on any atom is -0.486 e. The fourth-order valence-electron chi connectivity index (χ4n) is 2.43. The minimum absolute atomic E-state index is 0.177. The van der Waals surface area contributed by atoms with Crippen molar-refractivity contribution in [1.29, 1.82) is 0 Å². The second-order valence-electron chi connectivity index (χ2n) is 5.10. The van der Waals surface area contributed by atoms with Crippen molar-refractivity contribution in [2.75, 3.05) is 0 Å². The van der Waals surface area contributed by atoms with Crippen molar-refractivity contribution >= 4 is 11.0 Å². The van der Waals surface area contributed by atoms with Gasteiger partial charge in [0.2, 0.25) is 0 Å². The van der Waals surface area contributed by atoms with Crippen LogP contribution in [0.2, 0.25) is 0 Å². The molecule has 3 rings (SSSR count). The Morgan fingerprint density at radius 1 is 1.33 bits per heavy atom. The summed E-state index contributed by atoms with van der Waals surface area (Å²) in [6, 6.07) is 7.54. The summed E-state index contributed by atoms with van der Waals surface area (Å²) >= 11 is 0. The van der Waals surface area contributed by atoms with Crippen molar-refractivity contribution in [2.45, 2.75) is 38.7 Å². The van der Waals surface area contributed by atoms with Crippen LogP contribution in [-0.2, 0) is 6.42 Å². The normalized spacial score (nSPS) is 22.6. The summed E-state index contributed by atoms with van der Waals surface area (Å²) in [4.78, 5) is 11.9. The Morgan fingerprint density at radius 2 is 2.11 bits per heavy atom. The van der Waals surface area contributed by atoms with Gasteiger partial charge in [0.05, 0.1) is 10.9 Å². The van der Waals surface area contributed by atoms with Crippen molar-refractivity contribution in [3.63, 3.8) is 0 Å². The number of hydrogen-bond donors (Lipinski definition) is 0. The lowest BCUT2D eigenvalue weighted by Gasteiger charge is -2.34. The molecule has 0 amide bonds. The number of rotatable bonds is 1. The van der Waals surface area contributed by atoms with E-state index in [-0.39, 0.29) is 11.2 Å². The van der Waals surface area contributed by atoms with Crippen LogP contribution < -0.4 is 10.4 Å². The van der Waals surface area contributed by atoms with Crippen LogP contribution >= 0.6 is 0 Å². The van der Waals surface area contributed by atoms with Gasteiger partial charge in [0.25, 0.3) is 0 Å². The third-order valence-electron chi connectivity index (χ3n) is 3.86. The fraction of sp³-hybridized carbons (Fsp3) is 0.400. The zero-order chi connectivity index (χ0) is 12.8. The fourth-order valence-corrected chi connectivity index (χ4v) is 2.43. The van der Waals surface area contributed by atoms with E-state index in [4.69, 9.17) is 9.15 Å². The van der Waals surface area contributed by atoms with E-state index in [9.17, 15) is 4.79 Å². The molecule has 0 spiro atoms. The Bertz CT molecular complexity index is 656. The molecule has 1 unspecified atom stereocenters. The van der Waals surface area contributed by atoms with Crippen LogP contribution in [0, 0.1) is 0 Å². The summed E-state index contributed by atoms with van der Waals surface area (Å²) in [5, 5.41) is 0.895. The van der Waals surface area contributed by atoms with Gasteiger partial charge in [-0.15, -0.1) is 0 Å². The molecule has 18 heavy (non-hydrogen) atoms. The van der Waals surface area contributed by atoms with Crippen LogP contribution in [-0.4, -0.2) is 5.60 Å². The molecule has 2 heterocycles. The summed E-state index contributed by atoms with van der Waals surface area (Å²) in [5.41, 5.74) is 0.840. The van der Waals surface area contributed by atoms with Gasteiger partial charge in [-0.05, 0) is 38.3 Å². The molecule has 2 aromatic rings. The van der Waals surface area contributed by atoms with E-state index in [1.54, 1.807) is 6.07 Å². The molecule has 1 aromatic heterocycles. The Kier molecular flexibility index (Phi) is 2.44. The quantitative estimate of drug-likeness (QED) is 0.723. The second kappa shape index (κ2) is 3.87. The van der Waals surface area contributed by atoms with Gasteiger partial charge >= 0.3 is 5.63 Å². The third kappa shape index (κ3) is 1.62. The molecular formula is C15H16O3. The Morgan fingerprint density at radius 3 is 2.89 bits per heavy atom. The van der Waals surface area contributed by atoms with Gasteiger partial charge < -0.3 is 9.15 Å². The molecule has 94 valence electrons. The number of ether oxygens (including phenoxy) is 1. The number of hydrogen-bond acceptors (Lipinski definition) is 3. The monoisotopic (exact) mass is 244 g/mol. The smallest absolute Gasteiger partial charge is 0.343 e. The van der Waals surface area contributed by atoms with Crippen LogP contribution in [0.15, 0.2) is 33.5 Å². The first-order chi connectivity index (χ1) is 8.63. The van der Waals surface area contributed by atoms with Crippen molar-refractivity contribution < 1.29 is 9.15 Å². The van der Waals surface area contributed by atoms with Gasteiger partial charge in [0.15, 0.2) is 0 Å². The zero-order valence-corrected chi connectivity index (χ0v) is 10.7. The molecule has 0 saturated carbocycles. The van der Waals surface area contributed by atoms with Crippen molar-refractivity contribution in [3.05, 3.63) is 40.2 Å². The largest absolute Gasteiger partial charge is 0.486 e. The van der Waals surface area contributed by atoms with E-state index in [1.165, 1.54) is 0 Å². The minimum atomic E-state index is -0.262. The summed E-state index contributed by atoms with van der Waals surface area (Å²) in [6.07, 6.45) is 2.52. The lowest BCUT2D eigenvalue weighted by atomic mass is 9.90. The van der Waals surface area contributed by atoms with Crippen molar-refractivity contribution in [3.8, 4) is 5.75 Å². The van der Waals surface area contributed by atoms with Gasteiger partial charge in [-0.3, -0.25) is 0 Å². The SMILES string of the molecule is CCC1(C)CCc2c(c3ccccc3oc2=O)O1. The highest BCUT2D eigenvalue weighted by Crippen LogP contribution is 2.38. The maximum atomic E-state index is 11.9. The molecule has 0 radical (unpaired) electrons. The van der Waals surface area contributed by atoms with Gasteiger partial charge in [-0.25, -0.2) is 4.79 Å². The Labute approximate surface area is 105 Å². The van der Waals surface area contributed by atoms with Crippen LogP contribution in [0.3, 0.4) is 0 Å². The topological polar surface area (TPSA) is 39.4 Å². The summed E-state index contributed by atoms with van der Waals surface area (Å²) < 4.78 is 11.4. The maximum absolute atomic E-state index is 11.9. The molecule has 0 aliphatic carbocycles.